The Labute approximate surface area is 167 Å². The van der Waals surface area contributed by atoms with E-state index in [1.807, 2.05) is 23.1 Å². The van der Waals surface area contributed by atoms with Gasteiger partial charge in [0.25, 0.3) is 0 Å². The van der Waals surface area contributed by atoms with Gasteiger partial charge in [-0.2, -0.15) is 0 Å². The van der Waals surface area contributed by atoms with Crippen LogP contribution in [0.2, 0.25) is 5.02 Å². The standard InChI is InChI=1S/C20H21ClN4OS/c1-14-3-2-4-16(11-14)24-7-9-25(10-8-24)19(26)13-27-20-22-17-6-5-15(21)12-18(17)23-20/h2-6,11-12H,7-10,13H2,1H3,(H,22,23). The van der Waals surface area contributed by atoms with Crippen molar-refractivity contribution in [3.63, 3.8) is 0 Å². The molecular formula is C20H21ClN4OS. The molecular weight excluding hydrogens is 380 g/mol. The van der Waals surface area contributed by atoms with Crippen LogP contribution in [0.25, 0.3) is 11.0 Å². The fourth-order valence-corrected chi connectivity index (χ4v) is 4.25. The van der Waals surface area contributed by atoms with Gasteiger partial charge in [0.2, 0.25) is 5.91 Å². The number of carbonyl (C=O) groups is 1. The first-order valence-corrected chi connectivity index (χ1v) is 10.3. The smallest absolute Gasteiger partial charge is 0.233 e. The van der Waals surface area contributed by atoms with Crippen LogP contribution in [0.1, 0.15) is 5.56 Å². The minimum atomic E-state index is 0.155. The van der Waals surface area contributed by atoms with Crippen molar-refractivity contribution >= 4 is 46.0 Å². The predicted molar refractivity (Wildman–Crippen MR) is 112 cm³/mol. The number of carbonyl (C=O) groups excluding carboxylic acids is 1. The van der Waals surface area contributed by atoms with Crippen LogP contribution in [0, 0.1) is 6.92 Å². The van der Waals surface area contributed by atoms with Gasteiger partial charge in [-0.25, -0.2) is 4.98 Å². The summed E-state index contributed by atoms with van der Waals surface area (Å²) in [7, 11) is 0. The Morgan fingerprint density at radius 2 is 2.00 bits per heavy atom. The Kier molecular flexibility index (Phi) is 5.27. The van der Waals surface area contributed by atoms with Crippen LogP contribution < -0.4 is 4.90 Å². The summed E-state index contributed by atoms with van der Waals surface area (Å²) in [6.45, 7) is 5.34. The summed E-state index contributed by atoms with van der Waals surface area (Å²) >= 11 is 7.44. The molecule has 0 aliphatic carbocycles. The Morgan fingerprint density at radius 1 is 1.19 bits per heavy atom. The lowest BCUT2D eigenvalue weighted by Crippen LogP contribution is -2.49. The molecule has 3 aromatic rings. The number of hydrogen-bond donors (Lipinski definition) is 1. The summed E-state index contributed by atoms with van der Waals surface area (Å²) in [5.41, 5.74) is 4.25. The summed E-state index contributed by atoms with van der Waals surface area (Å²) < 4.78 is 0. The van der Waals surface area contributed by atoms with Crippen LogP contribution in [0.3, 0.4) is 0 Å². The average Bonchev–Trinajstić information content (AvgIpc) is 3.08. The number of aryl methyl sites for hydroxylation is 1. The summed E-state index contributed by atoms with van der Waals surface area (Å²) in [6, 6.07) is 14.1. The first-order chi connectivity index (χ1) is 13.1. The largest absolute Gasteiger partial charge is 0.368 e. The molecule has 140 valence electrons. The number of nitrogens with one attached hydrogen (secondary N) is 1. The maximum Gasteiger partial charge on any atom is 0.233 e. The monoisotopic (exact) mass is 400 g/mol. The molecule has 1 aliphatic heterocycles. The van der Waals surface area contributed by atoms with Crippen molar-refractivity contribution in [3.05, 3.63) is 53.1 Å². The zero-order valence-corrected chi connectivity index (χ0v) is 16.7. The molecule has 1 amide bonds. The van der Waals surface area contributed by atoms with E-state index in [-0.39, 0.29) is 5.91 Å². The van der Waals surface area contributed by atoms with Gasteiger partial charge in [-0.05, 0) is 42.8 Å². The quantitative estimate of drug-likeness (QED) is 0.673. The van der Waals surface area contributed by atoms with Gasteiger partial charge in [-0.15, -0.1) is 0 Å². The summed E-state index contributed by atoms with van der Waals surface area (Å²) in [5.74, 6) is 0.542. The molecule has 0 bridgehead atoms. The lowest BCUT2D eigenvalue weighted by Gasteiger charge is -2.36. The van der Waals surface area contributed by atoms with Crippen molar-refractivity contribution in [2.24, 2.45) is 0 Å². The Morgan fingerprint density at radius 3 is 2.78 bits per heavy atom. The number of piperazine rings is 1. The van der Waals surface area contributed by atoms with E-state index >= 15 is 0 Å². The molecule has 0 unspecified atom stereocenters. The number of halogens is 1. The van der Waals surface area contributed by atoms with Crippen molar-refractivity contribution < 1.29 is 4.79 Å². The number of fused-ring (bicyclic) bond motifs is 1. The molecule has 27 heavy (non-hydrogen) atoms. The molecule has 0 atom stereocenters. The van der Waals surface area contributed by atoms with Crippen LogP contribution in [0.15, 0.2) is 47.6 Å². The van der Waals surface area contributed by atoms with Crippen molar-refractivity contribution in [1.29, 1.82) is 0 Å². The van der Waals surface area contributed by atoms with Crippen LogP contribution in [-0.4, -0.2) is 52.7 Å². The highest BCUT2D eigenvalue weighted by molar-refractivity contribution is 7.99. The minimum absolute atomic E-state index is 0.155. The molecule has 1 aromatic heterocycles. The molecule has 2 heterocycles. The second kappa shape index (κ2) is 7.82. The van der Waals surface area contributed by atoms with Gasteiger partial charge in [-0.3, -0.25) is 4.79 Å². The molecule has 5 nitrogen and oxygen atoms in total. The van der Waals surface area contributed by atoms with Crippen LogP contribution >= 0.6 is 23.4 Å². The van der Waals surface area contributed by atoms with E-state index in [2.05, 4.69) is 46.1 Å². The minimum Gasteiger partial charge on any atom is -0.368 e. The van der Waals surface area contributed by atoms with Gasteiger partial charge in [0, 0.05) is 36.9 Å². The van der Waals surface area contributed by atoms with Gasteiger partial charge >= 0.3 is 0 Å². The third-order valence-corrected chi connectivity index (χ3v) is 5.85. The fourth-order valence-electron chi connectivity index (χ4n) is 3.29. The van der Waals surface area contributed by atoms with Gasteiger partial charge < -0.3 is 14.8 Å². The summed E-state index contributed by atoms with van der Waals surface area (Å²) in [4.78, 5) is 24.6. The Hall–Kier alpha value is -2.18. The highest BCUT2D eigenvalue weighted by Gasteiger charge is 2.21. The number of hydrogen-bond acceptors (Lipinski definition) is 4. The molecule has 0 spiro atoms. The normalized spacial score (nSPS) is 14.7. The van der Waals surface area contributed by atoms with Gasteiger partial charge in [-0.1, -0.05) is 35.5 Å². The molecule has 1 aliphatic rings. The van der Waals surface area contributed by atoms with E-state index in [4.69, 9.17) is 11.6 Å². The molecule has 0 saturated carbocycles. The first-order valence-electron chi connectivity index (χ1n) is 8.96. The fraction of sp³-hybridized carbons (Fsp3) is 0.300. The number of rotatable bonds is 4. The van der Waals surface area contributed by atoms with E-state index in [0.717, 1.165) is 42.4 Å². The van der Waals surface area contributed by atoms with Gasteiger partial charge in [0.1, 0.15) is 0 Å². The number of H-pyrrole nitrogens is 1. The van der Waals surface area contributed by atoms with Crippen molar-refractivity contribution in [2.45, 2.75) is 12.1 Å². The predicted octanol–water partition coefficient (Wildman–Crippen LogP) is 3.97. The van der Waals surface area contributed by atoms with E-state index in [9.17, 15) is 4.79 Å². The van der Waals surface area contributed by atoms with Crippen LogP contribution in [0.5, 0.6) is 0 Å². The number of thioether (sulfide) groups is 1. The molecule has 2 aromatic carbocycles. The highest BCUT2D eigenvalue weighted by Crippen LogP contribution is 2.23. The second-order valence-corrected chi connectivity index (χ2v) is 8.10. The number of nitrogens with zero attached hydrogens (tertiary/aromatic N) is 3. The van der Waals surface area contributed by atoms with Crippen LogP contribution in [-0.2, 0) is 4.79 Å². The third-order valence-electron chi connectivity index (χ3n) is 4.75. The Bertz CT molecular complexity index is 966. The Balaban J connectivity index is 1.31. The number of benzene rings is 2. The zero-order chi connectivity index (χ0) is 18.8. The first kappa shape index (κ1) is 18.2. The number of aromatic amines is 1. The topological polar surface area (TPSA) is 52.2 Å². The summed E-state index contributed by atoms with van der Waals surface area (Å²) in [6.07, 6.45) is 0. The number of anilines is 1. The lowest BCUT2D eigenvalue weighted by atomic mass is 10.2. The third kappa shape index (κ3) is 4.22. The highest BCUT2D eigenvalue weighted by atomic mass is 35.5. The molecule has 4 rings (SSSR count). The lowest BCUT2D eigenvalue weighted by molar-refractivity contribution is -0.128. The SMILES string of the molecule is Cc1cccc(N2CCN(C(=O)CSc3nc4ccc(Cl)cc4[nH]3)CC2)c1. The van der Waals surface area contributed by atoms with Crippen molar-refractivity contribution in [3.8, 4) is 0 Å². The number of amides is 1. The number of aromatic nitrogens is 2. The van der Waals surface area contributed by atoms with Gasteiger partial charge in [0.15, 0.2) is 5.16 Å². The zero-order valence-electron chi connectivity index (χ0n) is 15.1. The molecule has 1 N–H and O–H groups in total. The summed E-state index contributed by atoms with van der Waals surface area (Å²) in [5, 5.41) is 1.42. The number of imidazole rings is 1. The van der Waals surface area contributed by atoms with Crippen molar-refractivity contribution in [2.75, 3.05) is 36.8 Å². The van der Waals surface area contributed by atoms with E-state index < -0.39 is 0 Å². The second-order valence-electron chi connectivity index (χ2n) is 6.70. The molecule has 1 saturated heterocycles. The molecule has 1 fully saturated rings. The van der Waals surface area contributed by atoms with E-state index in [0.29, 0.717) is 10.8 Å². The maximum absolute atomic E-state index is 12.6. The maximum atomic E-state index is 12.6. The van der Waals surface area contributed by atoms with E-state index in [1.165, 1.54) is 23.0 Å². The van der Waals surface area contributed by atoms with Crippen molar-refractivity contribution in [1.82, 2.24) is 14.9 Å². The van der Waals surface area contributed by atoms with Gasteiger partial charge in [0.05, 0.1) is 16.8 Å². The van der Waals surface area contributed by atoms with E-state index in [1.54, 1.807) is 0 Å². The molecule has 7 heteroatoms. The average molecular weight is 401 g/mol. The van der Waals surface area contributed by atoms with Crippen LogP contribution in [0.4, 0.5) is 5.69 Å². The molecule has 0 radical (unpaired) electrons.